The topological polar surface area (TPSA) is 3.24 Å². The molecule has 0 atom stereocenters. The van der Waals surface area contributed by atoms with Crippen LogP contribution in [0, 0.1) is 12.7 Å². The molecule has 0 unspecified atom stereocenters. The fourth-order valence-electron chi connectivity index (χ4n) is 2.72. The molecule has 23 heavy (non-hydrogen) atoms. The van der Waals surface area contributed by atoms with Gasteiger partial charge in [-0.2, -0.15) is 0 Å². The van der Waals surface area contributed by atoms with Crippen molar-refractivity contribution in [3.05, 3.63) is 89.7 Å². The summed E-state index contributed by atoms with van der Waals surface area (Å²) in [5, 5.41) is 0. The van der Waals surface area contributed by atoms with E-state index in [0.29, 0.717) is 0 Å². The summed E-state index contributed by atoms with van der Waals surface area (Å²) < 4.78 is 13.3. The number of nitrogens with zero attached hydrogens (tertiary/aromatic N) is 1. The summed E-state index contributed by atoms with van der Waals surface area (Å²) in [5.74, 6) is -0.222. The van der Waals surface area contributed by atoms with Crippen molar-refractivity contribution in [2.45, 2.75) is 20.3 Å². The molecule has 3 rings (SSSR count). The average Bonchev–Trinajstić information content (AvgIpc) is 2.57. The smallest absolute Gasteiger partial charge is 0.123 e. The van der Waals surface area contributed by atoms with Crippen LogP contribution in [0.3, 0.4) is 0 Å². The van der Waals surface area contributed by atoms with Crippen LogP contribution in [0.5, 0.6) is 0 Å². The van der Waals surface area contributed by atoms with Gasteiger partial charge in [0.15, 0.2) is 0 Å². The Labute approximate surface area is 137 Å². The fourth-order valence-corrected chi connectivity index (χ4v) is 2.72. The Bertz CT molecular complexity index is 793. The van der Waals surface area contributed by atoms with E-state index in [9.17, 15) is 4.39 Å². The number of benzene rings is 3. The number of halogens is 1. The van der Waals surface area contributed by atoms with E-state index in [1.165, 1.54) is 23.3 Å². The summed E-state index contributed by atoms with van der Waals surface area (Å²) in [5.41, 5.74) is 5.58. The minimum Gasteiger partial charge on any atom is -0.310 e. The zero-order chi connectivity index (χ0) is 16.2. The van der Waals surface area contributed by atoms with Gasteiger partial charge in [0.1, 0.15) is 5.82 Å². The Kier molecular flexibility index (Phi) is 4.42. The third-order valence-electron chi connectivity index (χ3n) is 3.92. The molecule has 0 fully saturated rings. The van der Waals surface area contributed by atoms with Crippen LogP contribution in [0.15, 0.2) is 72.8 Å². The van der Waals surface area contributed by atoms with Crippen LogP contribution in [0.4, 0.5) is 21.5 Å². The van der Waals surface area contributed by atoms with Crippen LogP contribution in [0.25, 0.3) is 0 Å². The Morgan fingerprint density at radius 2 is 1.43 bits per heavy atom. The third-order valence-corrected chi connectivity index (χ3v) is 3.92. The molecule has 3 aromatic rings. The van der Waals surface area contributed by atoms with Crippen molar-refractivity contribution in [2.75, 3.05) is 4.90 Å². The van der Waals surface area contributed by atoms with Gasteiger partial charge in [0.05, 0.1) is 0 Å². The maximum atomic E-state index is 13.3. The van der Waals surface area contributed by atoms with Crippen molar-refractivity contribution < 1.29 is 4.39 Å². The van der Waals surface area contributed by atoms with E-state index in [0.717, 1.165) is 23.5 Å². The van der Waals surface area contributed by atoms with E-state index in [1.807, 2.05) is 18.2 Å². The second-order valence-corrected chi connectivity index (χ2v) is 5.67. The van der Waals surface area contributed by atoms with Crippen LogP contribution in [0.2, 0.25) is 0 Å². The maximum Gasteiger partial charge on any atom is 0.123 e. The van der Waals surface area contributed by atoms with Crippen LogP contribution in [0.1, 0.15) is 18.1 Å². The predicted molar refractivity (Wildman–Crippen MR) is 95.2 cm³/mol. The van der Waals surface area contributed by atoms with Crippen LogP contribution < -0.4 is 4.90 Å². The SMILES string of the molecule is CCc1cccc(N(c2ccc(F)cc2)c2cccc(C)c2)c1. The van der Waals surface area contributed by atoms with Crippen LogP contribution in [-0.2, 0) is 6.42 Å². The summed E-state index contributed by atoms with van der Waals surface area (Å²) in [6, 6.07) is 23.5. The molecule has 2 heteroatoms. The lowest BCUT2D eigenvalue weighted by Gasteiger charge is -2.26. The average molecular weight is 305 g/mol. The molecule has 0 amide bonds. The molecule has 3 aromatic carbocycles. The van der Waals surface area contributed by atoms with E-state index < -0.39 is 0 Å². The zero-order valence-electron chi connectivity index (χ0n) is 13.5. The molecule has 0 aliphatic carbocycles. The Hall–Kier alpha value is -2.61. The molecule has 1 nitrogen and oxygen atoms in total. The summed E-state index contributed by atoms with van der Waals surface area (Å²) in [7, 11) is 0. The Balaban J connectivity index is 2.14. The van der Waals surface area contributed by atoms with Crippen LogP contribution in [-0.4, -0.2) is 0 Å². The van der Waals surface area contributed by atoms with Gasteiger partial charge in [0, 0.05) is 17.1 Å². The highest BCUT2D eigenvalue weighted by atomic mass is 19.1. The molecule has 0 N–H and O–H groups in total. The summed E-state index contributed by atoms with van der Waals surface area (Å²) in [6.45, 7) is 4.23. The van der Waals surface area contributed by atoms with Crippen molar-refractivity contribution in [2.24, 2.45) is 0 Å². The third kappa shape index (κ3) is 3.42. The minimum atomic E-state index is -0.222. The molecule has 0 bridgehead atoms. The predicted octanol–water partition coefficient (Wildman–Crippen LogP) is 6.17. The highest BCUT2D eigenvalue weighted by Gasteiger charge is 2.12. The van der Waals surface area contributed by atoms with Crippen molar-refractivity contribution in [1.29, 1.82) is 0 Å². The second kappa shape index (κ2) is 6.66. The van der Waals surface area contributed by atoms with Gasteiger partial charge in [-0.05, 0) is 73.0 Å². The number of anilines is 3. The monoisotopic (exact) mass is 305 g/mol. The molecular formula is C21H20FN. The number of aryl methyl sites for hydroxylation is 2. The summed E-state index contributed by atoms with van der Waals surface area (Å²) in [4.78, 5) is 2.16. The lowest BCUT2D eigenvalue weighted by molar-refractivity contribution is 0.628. The molecule has 0 aliphatic heterocycles. The van der Waals surface area contributed by atoms with E-state index in [2.05, 4.69) is 61.2 Å². The van der Waals surface area contributed by atoms with E-state index in [1.54, 1.807) is 0 Å². The highest BCUT2D eigenvalue weighted by Crippen LogP contribution is 2.35. The highest BCUT2D eigenvalue weighted by molar-refractivity contribution is 5.76. The summed E-state index contributed by atoms with van der Waals surface area (Å²) >= 11 is 0. The van der Waals surface area contributed by atoms with Crippen molar-refractivity contribution >= 4 is 17.1 Å². The van der Waals surface area contributed by atoms with Gasteiger partial charge in [0.25, 0.3) is 0 Å². The molecule has 0 aliphatic rings. The Morgan fingerprint density at radius 3 is 2.09 bits per heavy atom. The van der Waals surface area contributed by atoms with Gasteiger partial charge in [-0.15, -0.1) is 0 Å². The summed E-state index contributed by atoms with van der Waals surface area (Å²) in [6.07, 6.45) is 0.985. The molecular weight excluding hydrogens is 285 g/mol. The van der Waals surface area contributed by atoms with Gasteiger partial charge >= 0.3 is 0 Å². The molecule has 0 heterocycles. The fraction of sp³-hybridized carbons (Fsp3) is 0.143. The van der Waals surface area contributed by atoms with Gasteiger partial charge in [-0.1, -0.05) is 31.2 Å². The van der Waals surface area contributed by atoms with E-state index >= 15 is 0 Å². The first-order chi connectivity index (χ1) is 11.2. The first-order valence-corrected chi connectivity index (χ1v) is 7.88. The van der Waals surface area contributed by atoms with E-state index in [4.69, 9.17) is 0 Å². The standard InChI is InChI=1S/C21H20FN/c1-3-17-7-5-9-21(15-17)23(19-12-10-18(22)11-13-19)20-8-4-6-16(2)14-20/h4-15H,3H2,1-2H3. The quantitative estimate of drug-likeness (QED) is 0.557. The largest absolute Gasteiger partial charge is 0.310 e. The molecule has 0 saturated carbocycles. The van der Waals surface area contributed by atoms with Gasteiger partial charge in [-0.3, -0.25) is 0 Å². The van der Waals surface area contributed by atoms with Gasteiger partial charge < -0.3 is 4.90 Å². The lowest BCUT2D eigenvalue weighted by atomic mass is 10.1. The van der Waals surface area contributed by atoms with E-state index in [-0.39, 0.29) is 5.82 Å². The first kappa shape index (κ1) is 15.3. The van der Waals surface area contributed by atoms with Crippen molar-refractivity contribution in [3.63, 3.8) is 0 Å². The molecule has 0 aromatic heterocycles. The van der Waals surface area contributed by atoms with Crippen LogP contribution >= 0.6 is 0 Å². The molecule has 0 radical (unpaired) electrons. The van der Waals surface area contributed by atoms with Crippen molar-refractivity contribution in [1.82, 2.24) is 0 Å². The number of hydrogen-bond acceptors (Lipinski definition) is 1. The lowest BCUT2D eigenvalue weighted by Crippen LogP contribution is -2.10. The zero-order valence-corrected chi connectivity index (χ0v) is 13.5. The number of rotatable bonds is 4. The Morgan fingerprint density at radius 1 is 0.783 bits per heavy atom. The van der Waals surface area contributed by atoms with Crippen molar-refractivity contribution in [3.8, 4) is 0 Å². The molecule has 116 valence electrons. The minimum absolute atomic E-state index is 0.222. The molecule has 0 saturated heterocycles. The molecule has 0 spiro atoms. The maximum absolute atomic E-state index is 13.3. The second-order valence-electron chi connectivity index (χ2n) is 5.67. The normalized spacial score (nSPS) is 10.6. The van der Waals surface area contributed by atoms with Gasteiger partial charge in [0.2, 0.25) is 0 Å². The number of hydrogen-bond donors (Lipinski definition) is 0. The first-order valence-electron chi connectivity index (χ1n) is 7.88. The van der Waals surface area contributed by atoms with Gasteiger partial charge in [-0.25, -0.2) is 4.39 Å².